The molecule has 0 aliphatic carbocycles. The second kappa shape index (κ2) is 7.66. The highest BCUT2D eigenvalue weighted by molar-refractivity contribution is 7.13. The largest absolute Gasteiger partial charge is 0.462 e. The third-order valence-electron chi connectivity index (χ3n) is 4.11. The van der Waals surface area contributed by atoms with Crippen LogP contribution in [0.4, 0.5) is 0 Å². The molecule has 2 heterocycles. The van der Waals surface area contributed by atoms with E-state index < -0.39 is 0 Å². The highest BCUT2D eigenvalue weighted by atomic mass is 32.1. The molecular formula is C20H22N2O2S. The third kappa shape index (κ3) is 4.37. The molecule has 0 aliphatic heterocycles. The van der Waals surface area contributed by atoms with Gasteiger partial charge in [0.1, 0.15) is 0 Å². The van der Waals surface area contributed by atoms with Crippen molar-refractivity contribution < 1.29 is 9.21 Å². The van der Waals surface area contributed by atoms with E-state index in [1.165, 1.54) is 16.9 Å². The molecule has 0 fully saturated rings. The van der Waals surface area contributed by atoms with Crippen molar-refractivity contribution in [3.8, 4) is 10.8 Å². The number of rotatable bonds is 6. The molecule has 0 saturated heterocycles. The Labute approximate surface area is 151 Å². The van der Waals surface area contributed by atoms with E-state index in [2.05, 4.69) is 48.4 Å². The Bertz CT molecular complexity index is 820. The van der Waals surface area contributed by atoms with Crippen LogP contribution >= 0.6 is 11.3 Å². The summed E-state index contributed by atoms with van der Waals surface area (Å²) in [5.74, 6) is 1.21. The van der Waals surface area contributed by atoms with Gasteiger partial charge in [-0.25, -0.2) is 4.98 Å². The predicted octanol–water partition coefficient (Wildman–Crippen LogP) is 4.95. The first kappa shape index (κ1) is 17.4. The first-order valence-electron chi connectivity index (χ1n) is 8.40. The van der Waals surface area contributed by atoms with Crippen LogP contribution in [0.25, 0.3) is 10.8 Å². The van der Waals surface area contributed by atoms with Crippen LogP contribution in [-0.4, -0.2) is 10.9 Å². The maximum Gasteiger partial charge on any atom is 0.226 e. The Hall–Kier alpha value is -2.40. The van der Waals surface area contributed by atoms with E-state index in [9.17, 15) is 4.79 Å². The molecule has 4 nitrogen and oxygen atoms in total. The fourth-order valence-electron chi connectivity index (χ4n) is 2.61. The molecule has 0 aliphatic rings. The van der Waals surface area contributed by atoms with Gasteiger partial charge in [-0.1, -0.05) is 38.1 Å². The highest BCUT2D eigenvalue weighted by Gasteiger charge is 2.13. The van der Waals surface area contributed by atoms with Gasteiger partial charge in [-0.15, -0.1) is 11.3 Å². The van der Waals surface area contributed by atoms with E-state index in [0.717, 1.165) is 22.0 Å². The second-order valence-electron chi connectivity index (χ2n) is 6.41. The molecule has 1 aromatic carbocycles. The normalized spacial score (nSPS) is 12.3. The first-order valence-corrected chi connectivity index (χ1v) is 9.28. The number of benzene rings is 1. The number of aromatic nitrogens is 1. The van der Waals surface area contributed by atoms with Crippen molar-refractivity contribution >= 4 is 17.2 Å². The van der Waals surface area contributed by atoms with Crippen LogP contribution in [0.1, 0.15) is 49.6 Å². The molecule has 0 saturated carbocycles. The van der Waals surface area contributed by atoms with Crippen molar-refractivity contribution in [2.24, 2.45) is 0 Å². The fraction of sp³-hybridized carbons (Fsp3) is 0.300. The monoisotopic (exact) mass is 354 g/mol. The zero-order valence-electron chi connectivity index (χ0n) is 14.7. The lowest BCUT2D eigenvalue weighted by atomic mass is 9.99. The molecule has 1 N–H and O–H groups in total. The van der Waals surface area contributed by atoms with E-state index in [-0.39, 0.29) is 18.4 Å². The fourth-order valence-corrected chi connectivity index (χ4v) is 3.40. The van der Waals surface area contributed by atoms with Gasteiger partial charge in [0.15, 0.2) is 10.8 Å². The molecule has 5 heteroatoms. The van der Waals surface area contributed by atoms with E-state index >= 15 is 0 Å². The Morgan fingerprint density at radius 2 is 1.88 bits per heavy atom. The standard InChI is InChI=1S/C20H22N2O2S/c1-13(2)15-6-8-16(9-7-15)14(3)21-19(23)11-17-12-25-20(22-17)18-5-4-10-24-18/h4-10,12-14H,11H2,1-3H3,(H,21,23). The van der Waals surface area contributed by atoms with Crippen LogP contribution < -0.4 is 5.32 Å². The SMILES string of the molecule is CC(C)c1ccc(C(C)NC(=O)Cc2csc(-c3ccco3)n2)cc1. The van der Waals surface area contributed by atoms with E-state index in [4.69, 9.17) is 4.42 Å². The number of carbonyl (C=O) groups is 1. The molecule has 130 valence electrons. The summed E-state index contributed by atoms with van der Waals surface area (Å²) < 4.78 is 5.33. The van der Waals surface area contributed by atoms with Gasteiger partial charge in [-0.05, 0) is 36.1 Å². The first-order chi connectivity index (χ1) is 12.0. The number of amides is 1. The zero-order valence-corrected chi connectivity index (χ0v) is 15.5. The molecule has 1 amide bonds. The third-order valence-corrected chi connectivity index (χ3v) is 5.01. The lowest BCUT2D eigenvalue weighted by Gasteiger charge is -2.15. The summed E-state index contributed by atoms with van der Waals surface area (Å²) in [5, 5.41) is 5.74. The van der Waals surface area contributed by atoms with Gasteiger partial charge in [0, 0.05) is 5.38 Å². The molecule has 0 radical (unpaired) electrons. The maximum atomic E-state index is 12.3. The van der Waals surface area contributed by atoms with Crippen molar-refractivity contribution in [1.82, 2.24) is 10.3 Å². The van der Waals surface area contributed by atoms with Gasteiger partial charge < -0.3 is 9.73 Å². The minimum Gasteiger partial charge on any atom is -0.462 e. The molecule has 3 aromatic rings. The molecule has 2 aromatic heterocycles. The van der Waals surface area contributed by atoms with E-state index in [1.54, 1.807) is 6.26 Å². The van der Waals surface area contributed by atoms with Crippen molar-refractivity contribution in [3.63, 3.8) is 0 Å². The summed E-state index contributed by atoms with van der Waals surface area (Å²) in [5.41, 5.74) is 3.17. The van der Waals surface area contributed by atoms with Crippen molar-refractivity contribution in [2.45, 2.75) is 39.2 Å². The smallest absolute Gasteiger partial charge is 0.226 e. The van der Waals surface area contributed by atoms with Gasteiger partial charge in [0.25, 0.3) is 0 Å². The summed E-state index contributed by atoms with van der Waals surface area (Å²) in [6.07, 6.45) is 1.89. The summed E-state index contributed by atoms with van der Waals surface area (Å²) in [6, 6.07) is 12.1. The number of hydrogen-bond donors (Lipinski definition) is 1. The molecule has 25 heavy (non-hydrogen) atoms. The van der Waals surface area contributed by atoms with Crippen molar-refractivity contribution in [3.05, 3.63) is 64.9 Å². The van der Waals surface area contributed by atoms with Gasteiger partial charge in [-0.3, -0.25) is 4.79 Å². The topological polar surface area (TPSA) is 55.1 Å². The van der Waals surface area contributed by atoms with E-state index in [1.807, 2.05) is 24.4 Å². The molecule has 0 bridgehead atoms. The van der Waals surface area contributed by atoms with Crippen LogP contribution in [-0.2, 0) is 11.2 Å². The Morgan fingerprint density at radius 3 is 2.52 bits per heavy atom. The van der Waals surface area contributed by atoms with Gasteiger partial charge >= 0.3 is 0 Å². The molecular weight excluding hydrogens is 332 g/mol. The molecule has 3 rings (SSSR count). The predicted molar refractivity (Wildman–Crippen MR) is 101 cm³/mol. The summed E-state index contributed by atoms with van der Waals surface area (Å²) in [4.78, 5) is 16.8. The molecule has 1 atom stereocenters. The van der Waals surface area contributed by atoms with Crippen LogP contribution in [0.15, 0.2) is 52.5 Å². The maximum absolute atomic E-state index is 12.3. The lowest BCUT2D eigenvalue weighted by molar-refractivity contribution is -0.121. The average Bonchev–Trinajstić information content (AvgIpc) is 3.26. The number of carbonyl (C=O) groups excluding carboxylic acids is 1. The van der Waals surface area contributed by atoms with Gasteiger partial charge in [-0.2, -0.15) is 0 Å². The lowest BCUT2D eigenvalue weighted by Crippen LogP contribution is -2.28. The number of nitrogens with one attached hydrogen (secondary N) is 1. The Morgan fingerprint density at radius 1 is 1.16 bits per heavy atom. The highest BCUT2D eigenvalue weighted by Crippen LogP contribution is 2.24. The minimum atomic E-state index is -0.0308. The summed E-state index contributed by atoms with van der Waals surface area (Å²) in [7, 11) is 0. The van der Waals surface area contributed by atoms with Crippen molar-refractivity contribution in [2.75, 3.05) is 0 Å². The van der Waals surface area contributed by atoms with E-state index in [0.29, 0.717) is 5.92 Å². The van der Waals surface area contributed by atoms with Crippen LogP contribution in [0.3, 0.4) is 0 Å². The Balaban J connectivity index is 1.58. The van der Waals surface area contributed by atoms with Crippen LogP contribution in [0.2, 0.25) is 0 Å². The van der Waals surface area contributed by atoms with Crippen LogP contribution in [0, 0.1) is 0 Å². The quantitative estimate of drug-likeness (QED) is 0.682. The number of furan rings is 1. The van der Waals surface area contributed by atoms with Gasteiger partial charge in [0.2, 0.25) is 5.91 Å². The zero-order chi connectivity index (χ0) is 17.8. The molecule has 1 unspecified atom stereocenters. The average molecular weight is 354 g/mol. The minimum absolute atomic E-state index is 0.0307. The summed E-state index contributed by atoms with van der Waals surface area (Å²) in [6.45, 7) is 6.34. The Kier molecular flexibility index (Phi) is 5.34. The van der Waals surface area contributed by atoms with Gasteiger partial charge in [0.05, 0.1) is 24.4 Å². The second-order valence-corrected chi connectivity index (χ2v) is 7.27. The van der Waals surface area contributed by atoms with Crippen molar-refractivity contribution in [1.29, 1.82) is 0 Å². The number of nitrogens with zero attached hydrogens (tertiary/aromatic N) is 1. The summed E-state index contributed by atoms with van der Waals surface area (Å²) >= 11 is 1.48. The number of hydrogen-bond acceptors (Lipinski definition) is 4. The number of thiazole rings is 1. The van der Waals surface area contributed by atoms with Crippen LogP contribution in [0.5, 0.6) is 0 Å². The molecule has 0 spiro atoms.